The van der Waals surface area contributed by atoms with Crippen molar-refractivity contribution in [1.82, 2.24) is 5.32 Å². The van der Waals surface area contributed by atoms with Gasteiger partial charge in [-0.1, -0.05) is 32.4 Å². The van der Waals surface area contributed by atoms with Crippen LogP contribution in [0, 0.1) is 46.3 Å². The zero-order chi connectivity index (χ0) is 45.1. The predicted octanol–water partition coefficient (Wildman–Crippen LogP) is -1.24. The number of aliphatic hydroxyl groups excluding tert-OH is 10. The smallest absolute Gasteiger partial charge is 0.187 e. The van der Waals surface area contributed by atoms with E-state index < -0.39 is 117 Å². The van der Waals surface area contributed by atoms with Crippen molar-refractivity contribution >= 4 is 0 Å². The number of hydrogen-bond acceptors (Lipinski definition) is 18. The molecule has 8 fully saturated rings. The third-order valence-electron chi connectivity index (χ3n) is 18.1. The minimum atomic E-state index is -1.76. The van der Waals surface area contributed by atoms with Crippen LogP contribution >= 0.6 is 0 Å². The van der Waals surface area contributed by atoms with Gasteiger partial charge in [-0.05, 0) is 100 Å². The Balaban J connectivity index is 0.942. The van der Waals surface area contributed by atoms with Crippen LogP contribution in [0.25, 0.3) is 0 Å². The highest BCUT2D eigenvalue weighted by atomic mass is 16.8. The largest absolute Gasteiger partial charge is 0.396 e. The van der Waals surface area contributed by atoms with E-state index in [-0.39, 0.29) is 53.1 Å². The molecule has 360 valence electrons. The van der Waals surface area contributed by atoms with Crippen molar-refractivity contribution in [3.63, 3.8) is 0 Å². The molecule has 4 aliphatic carbocycles. The first kappa shape index (κ1) is 47.1. The van der Waals surface area contributed by atoms with E-state index in [1.807, 2.05) is 0 Å². The quantitative estimate of drug-likeness (QED) is 0.127. The maximum Gasteiger partial charge on any atom is 0.187 e. The SMILES string of the molecule is C[C@@H]1O[C@@H](O[C@H]2[C@H](O[C@H]3CC[C@@]4(C)C(=CC[C@H]5[C@@H]6C[C@@H]7O[C@]8(CC[C@@H](CO)CN8)[C@@H](C)[C@@H]7[C@@]6(C)[C@H](O)C[C@@H]54)C3)O[C@H](CO)[C@H](O)[C@@H]2O[C@@H]2O[C@@H](C)[C@H](O)[C@@H](O)[C@H]2O)[C@H](O)[C@H](O)[C@H]1O. The molecule has 5 aliphatic heterocycles. The second-order valence-electron chi connectivity index (χ2n) is 21.2. The maximum atomic E-state index is 12.3. The van der Waals surface area contributed by atoms with Crippen LogP contribution in [0.5, 0.6) is 0 Å². The van der Waals surface area contributed by atoms with E-state index in [0.29, 0.717) is 25.2 Å². The van der Waals surface area contributed by atoms with Gasteiger partial charge in [0.15, 0.2) is 18.9 Å². The molecular weight excluding hydrogens is 826 g/mol. The first-order valence-corrected chi connectivity index (χ1v) is 23.6. The maximum absolute atomic E-state index is 12.3. The summed E-state index contributed by atoms with van der Waals surface area (Å²) >= 11 is 0. The van der Waals surface area contributed by atoms with Crippen LogP contribution in [0.1, 0.15) is 86.0 Å². The van der Waals surface area contributed by atoms with E-state index in [4.69, 9.17) is 33.2 Å². The van der Waals surface area contributed by atoms with E-state index >= 15 is 0 Å². The zero-order valence-corrected chi connectivity index (χ0v) is 37.0. The highest BCUT2D eigenvalue weighted by Crippen LogP contribution is 2.70. The number of allylic oxidation sites excluding steroid dienone is 1. The number of rotatable bonds is 8. The van der Waals surface area contributed by atoms with E-state index in [1.165, 1.54) is 19.4 Å². The highest BCUT2D eigenvalue weighted by Gasteiger charge is 2.71. The zero-order valence-electron chi connectivity index (χ0n) is 37.0. The van der Waals surface area contributed by atoms with Crippen molar-refractivity contribution in [2.75, 3.05) is 19.8 Å². The molecule has 0 unspecified atom stereocenters. The molecule has 9 aliphatic rings. The Kier molecular flexibility index (Phi) is 13.1. The Bertz CT molecular complexity index is 1650. The van der Waals surface area contributed by atoms with Crippen molar-refractivity contribution in [3.05, 3.63) is 11.6 Å². The van der Waals surface area contributed by atoms with Crippen molar-refractivity contribution in [1.29, 1.82) is 0 Å². The Labute approximate surface area is 368 Å². The van der Waals surface area contributed by atoms with Gasteiger partial charge in [-0.3, -0.25) is 5.32 Å². The number of piperidine rings is 1. The summed E-state index contributed by atoms with van der Waals surface area (Å²) in [5, 5.41) is 112. The van der Waals surface area contributed by atoms with Gasteiger partial charge >= 0.3 is 0 Å². The monoisotopic (exact) mass is 899 g/mol. The number of fused-ring (bicyclic) bond motifs is 7. The van der Waals surface area contributed by atoms with Gasteiger partial charge in [-0.25, -0.2) is 0 Å². The van der Waals surface area contributed by atoms with E-state index in [1.54, 1.807) is 0 Å². The molecular formula is C45H73NO17. The van der Waals surface area contributed by atoms with E-state index in [2.05, 4.69) is 32.2 Å². The van der Waals surface area contributed by atoms with Crippen LogP contribution in [-0.2, 0) is 33.2 Å². The Morgan fingerprint density at radius 2 is 1.35 bits per heavy atom. The molecule has 18 nitrogen and oxygen atoms in total. The first-order chi connectivity index (χ1) is 29.9. The van der Waals surface area contributed by atoms with Gasteiger partial charge in [0.25, 0.3) is 0 Å². The molecule has 5 saturated heterocycles. The summed E-state index contributed by atoms with van der Waals surface area (Å²) in [5.74, 6) is 1.53. The van der Waals surface area contributed by atoms with Crippen LogP contribution < -0.4 is 5.32 Å². The third-order valence-corrected chi connectivity index (χ3v) is 18.1. The molecule has 0 aromatic rings. The molecule has 5 heterocycles. The summed E-state index contributed by atoms with van der Waals surface area (Å²) in [6.45, 7) is 10.1. The van der Waals surface area contributed by atoms with Gasteiger partial charge < -0.3 is 84.2 Å². The molecule has 9 rings (SSSR count). The number of nitrogens with one attached hydrogen (secondary N) is 1. The predicted molar refractivity (Wildman–Crippen MR) is 218 cm³/mol. The number of ether oxygens (including phenoxy) is 7. The van der Waals surface area contributed by atoms with Gasteiger partial charge in [0.2, 0.25) is 0 Å². The molecule has 0 radical (unpaired) electrons. The van der Waals surface area contributed by atoms with E-state index in [9.17, 15) is 51.1 Å². The first-order valence-electron chi connectivity index (χ1n) is 23.6. The van der Waals surface area contributed by atoms with Gasteiger partial charge in [0, 0.05) is 24.5 Å². The summed E-state index contributed by atoms with van der Waals surface area (Å²) in [6.07, 6.45) is -14.6. The average molecular weight is 900 g/mol. The topological polar surface area (TPSA) is 279 Å². The van der Waals surface area contributed by atoms with Gasteiger partial charge in [-0.15, -0.1) is 0 Å². The van der Waals surface area contributed by atoms with Gasteiger partial charge in [0.05, 0.1) is 37.1 Å². The highest BCUT2D eigenvalue weighted by molar-refractivity contribution is 5.27. The summed E-state index contributed by atoms with van der Waals surface area (Å²) in [7, 11) is 0. The standard InChI is InChI=1S/C45H73NO17/c1-18-30-27(63-45(18)11-8-21(16-47)15-46-45)13-26-24-7-6-22-12-23(9-10-43(22,4)25(24)14-29(49)44(26,30)5)59-42-39(62-41-37(56)35(54)32(51)20(3)58-41)38(33(52)28(17-48)60-42)61-40-36(55)34(53)31(50)19(2)57-40/h6,18-21,23-42,46-56H,7-17H2,1-5H3/t18-,19-,20-,21+,23-,24+,25-,26-,27-,28+,29+,30-,31-,32-,33-,34+,35+,36+,37+,38-,39+,40-,41-,42+,43-,44+,45+/m0/s1. The minimum Gasteiger partial charge on any atom is -0.396 e. The molecule has 0 aromatic carbocycles. The minimum absolute atomic E-state index is 0.0493. The fourth-order valence-electron chi connectivity index (χ4n) is 14.2. The molecule has 18 heteroatoms. The Hall–Kier alpha value is -0.980. The van der Waals surface area contributed by atoms with Crippen LogP contribution in [0.3, 0.4) is 0 Å². The molecule has 11 N–H and O–H groups in total. The van der Waals surface area contributed by atoms with Crippen LogP contribution in [-0.4, -0.2) is 187 Å². The number of aliphatic hydroxyl groups is 10. The summed E-state index contributed by atoms with van der Waals surface area (Å²) < 4.78 is 43.9. The fourth-order valence-corrected chi connectivity index (χ4v) is 14.2. The lowest BCUT2D eigenvalue weighted by molar-refractivity contribution is -0.393. The Morgan fingerprint density at radius 3 is 1.95 bits per heavy atom. The van der Waals surface area contributed by atoms with Crippen molar-refractivity contribution < 1.29 is 84.2 Å². The molecule has 0 bridgehead atoms. The third kappa shape index (κ3) is 7.62. The van der Waals surface area contributed by atoms with Crippen LogP contribution in [0.2, 0.25) is 0 Å². The second-order valence-corrected chi connectivity index (χ2v) is 21.2. The van der Waals surface area contributed by atoms with Crippen LogP contribution in [0.4, 0.5) is 0 Å². The Morgan fingerprint density at radius 1 is 0.698 bits per heavy atom. The fraction of sp³-hybridized carbons (Fsp3) is 0.956. The summed E-state index contributed by atoms with van der Waals surface area (Å²) in [5.41, 5.74) is 0.273. The van der Waals surface area contributed by atoms with Crippen molar-refractivity contribution in [2.24, 2.45) is 46.3 Å². The molecule has 1 spiro atoms. The lowest BCUT2D eigenvalue weighted by Gasteiger charge is -2.60. The number of hydrogen-bond donors (Lipinski definition) is 11. The summed E-state index contributed by atoms with van der Waals surface area (Å²) in [4.78, 5) is 0. The lowest BCUT2D eigenvalue weighted by Crippen LogP contribution is -2.67. The summed E-state index contributed by atoms with van der Waals surface area (Å²) in [6, 6.07) is 0. The molecule has 0 aromatic heterocycles. The molecule has 27 atom stereocenters. The molecule has 3 saturated carbocycles. The van der Waals surface area contributed by atoms with E-state index in [0.717, 1.165) is 38.6 Å². The lowest BCUT2D eigenvalue weighted by atomic mass is 9.46. The molecule has 63 heavy (non-hydrogen) atoms. The average Bonchev–Trinajstić information content (AvgIpc) is 3.71. The van der Waals surface area contributed by atoms with Gasteiger partial charge in [-0.2, -0.15) is 0 Å². The van der Waals surface area contributed by atoms with Crippen molar-refractivity contribution in [3.8, 4) is 0 Å². The van der Waals surface area contributed by atoms with Crippen LogP contribution in [0.15, 0.2) is 11.6 Å². The second kappa shape index (κ2) is 17.5. The van der Waals surface area contributed by atoms with Gasteiger partial charge in [0.1, 0.15) is 66.8 Å². The van der Waals surface area contributed by atoms with Crippen molar-refractivity contribution in [2.45, 2.75) is 202 Å². The normalized spacial score (nSPS) is 58.1. The molecule has 0 amide bonds.